The van der Waals surface area contributed by atoms with E-state index in [1.165, 1.54) is 38.5 Å². The Morgan fingerprint density at radius 3 is 2.65 bits per heavy atom. The van der Waals surface area contributed by atoms with Crippen LogP contribution in [0.4, 0.5) is 5.69 Å². The van der Waals surface area contributed by atoms with Gasteiger partial charge < -0.3 is 14.8 Å². The molecule has 0 unspecified atom stereocenters. The van der Waals surface area contributed by atoms with Crippen LogP contribution >= 0.6 is 11.6 Å². The lowest BCUT2D eigenvalue weighted by molar-refractivity contribution is 0.102. The molecule has 1 aliphatic rings. The average Bonchev–Trinajstić information content (AvgIpc) is 3.01. The number of sulfonamides is 1. The zero-order valence-corrected chi connectivity index (χ0v) is 18.8. The minimum atomic E-state index is -3.82. The average molecular weight is 466 g/mol. The van der Waals surface area contributed by atoms with Gasteiger partial charge in [0.25, 0.3) is 15.9 Å². The lowest BCUT2D eigenvalue weighted by Crippen LogP contribution is -2.30. The van der Waals surface area contributed by atoms with Crippen molar-refractivity contribution in [2.45, 2.75) is 30.6 Å². The van der Waals surface area contributed by atoms with Gasteiger partial charge in [-0.1, -0.05) is 24.1 Å². The molecule has 166 valence electrons. The summed E-state index contributed by atoms with van der Waals surface area (Å²) < 4.78 is 38.5. The quantitative estimate of drug-likeness (QED) is 0.673. The predicted octanol–water partition coefficient (Wildman–Crippen LogP) is 3.86. The Morgan fingerprint density at radius 1 is 1.10 bits per heavy atom. The molecule has 1 heterocycles. The molecular formula is C21H24ClN3O5S. The standard InChI is InChI=1S/C21H24ClN3O5S/c1-29-18-12-14(11-17(22)20(18)30-2)21(26)24-15-7-6-8-16(13-15)31(27,28)25-19-9-4-3-5-10-23-19/h6-8,11-13H,3-5,9-10H2,1-2H3,(H,23,25)(H,24,26). The van der Waals surface area contributed by atoms with Crippen molar-refractivity contribution in [3.05, 3.63) is 47.0 Å². The normalized spacial score (nSPS) is 14.2. The molecule has 10 heteroatoms. The molecular weight excluding hydrogens is 442 g/mol. The highest BCUT2D eigenvalue weighted by atomic mass is 35.5. The number of halogens is 1. The number of hydrogen-bond acceptors (Lipinski definition) is 6. The second kappa shape index (κ2) is 10.0. The fourth-order valence-corrected chi connectivity index (χ4v) is 4.59. The lowest BCUT2D eigenvalue weighted by atomic mass is 10.1. The van der Waals surface area contributed by atoms with Crippen molar-refractivity contribution in [3.8, 4) is 11.5 Å². The Morgan fingerprint density at radius 2 is 1.90 bits per heavy atom. The summed E-state index contributed by atoms with van der Waals surface area (Å²) in [6, 6.07) is 8.95. The maximum Gasteiger partial charge on any atom is 0.262 e. The van der Waals surface area contributed by atoms with Crippen LogP contribution < -0.4 is 19.5 Å². The van der Waals surface area contributed by atoms with Crippen molar-refractivity contribution in [2.24, 2.45) is 4.99 Å². The highest BCUT2D eigenvalue weighted by Crippen LogP contribution is 2.36. The number of anilines is 1. The fraction of sp³-hybridized carbons (Fsp3) is 0.333. The molecule has 0 radical (unpaired) electrons. The summed E-state index contributed by atoms with van der Waals surface area (Å²) in [5, 5.41) is 2.90. The van der Waals surface area contributed by atoms with Gasteiger partial charge in [0.2, 0.25) is 0 Å². The number of amides is 1. The van der Waals surface area contributed by atoms with Crippen LogP contribution in [0.3, 0.4) is 0 Å². The number of nitrogens with one attached hydrogen (secondary N) is 2. The molecule has 3 rings (SSSR count). The van der Waals surface area contributed by atoms with Gasteiger partial charge in [-0.15, -0.1) is 0 Å². The van der Waals surface area contributed by atoms with Gasteiger partial charge in [0.1, 0.15) is 5.84 Å². The van der Waals surface area contributed by atoms with E-state index in [1.54, 1.807) is 12.1 Å². The summed E-state index contributed by atoms with van der Waals surface area (Å²) in [7, 11) is -0.926. The van der Waals surface area contributed by atoms with Crippen LogP contribution in [0.2, 0.25) is 5.02 Å². The highest BCUT2D eigenvalue weighted by Gasteiger charge is 2.19. The van der Waals surface area contributed by atoms with E-state index in [2.05, 4.69) is 15.0 Å². The summed E-state index contributed by atoms with van der Waals surface area (Å²) in [6.07, 6.45) is 3.46. The Bertz CT molecular complexity index is 1100. The molecule has 0 aromatic heterocycles. The van der Waals surface area contributed by atoms with Gasteiger partial charge in [0.15, 0.2) is 11.5 Å². The van der Waals surface area contributed by atoms with Crippen LogP contribution in [0.5, 0.6) is 11.5 Å². The van der Waals surface area contributed by atoms with Gasteiger partial charge in [-0.05, 0) is 43.2 Å². The highest BCUT2D eigenvalue weighted by molar-refractivity contribution is 7.90. The molecule has 2 aromatic carbocycles. The van der Waals surface area contributed by atoms with Crippen molar-refractivity contribution in [1.82, 2.24) is 4.72 Å². The van der Waals surface area contributed by atoms with E-state index in [0.717, 1.165) is 19.3 Å². The third-order valence-corrected chi connectivity index (χ3v) is 6.38. The number of hydrogen-bond donors (Lipinski definition) is 2. The van der Waals surface area contributed by atoms with Crippen molar-refractivity contribution < 1.29 is 22.7 Å². The van der Waals surface area contributed by atoms with Crippen LogP contribution in [0, 0.1) is 0 Å². The van der Waals surface area contributed by atoms with Crippen LogP contribution in [0.15, 0.2) is 46.3 Å². The Labute approximate surface area is 186 Å². The van der Waals surface area contributed by atoms with Crippen LogP contribution in [0.1, 0.15) is 36.0 Å². The van der Waals surface area contributed by atoms with Gasteiger partial charge in [-0.25, -0.2) is 8.42 Å². The van der Waals surface area contributed by atoms with Crippen molar-refractivity contribution in [3.63, 3.8) is 0 Å². The number of benzene rings is 2. The summed E-state index contributed by atoms with van der Waals surface area (Å²) in [6.45, 7) is 0.613. The molecule has 0 aliphatic carbocycles. The topological polar surface area (TPSA) is 106 Å². The summed E-state index contributed by atoms with van der Waals surface area (Å²) in [5.41, 5.74) is 0.559. The van der Waals surface area contributed by atoms with E-state index in [-0.39, 0.29) is 15.5 Å². The largest absolute Gasteiger partial charge is 0.493 e. The Kier molecular flexibility index (Phi) is 7.40. The number of aliphatic imine (C=N–C) groups is 1. The maximum atomic E-state index is 12.8. The first-order valence-electron chi connectivity index (χ1n) is 9.73. The van der Waals surface area contributed by atoms with Crippen molar-refractivity contribution >= 4 is 39.1 Å². The minimum Gasteiger partial charge on any atom is -0.493 e. The van der Waals surface area contributed by atoms with Crippen molar-refractivity contribution in [2.75, 3.05) is 26.1 Å². The van der Waals surface area contributed by atoms with E-state index < -0.39 is 15.9 Å². The number of methoxy groups -OCH3 is 2. The van der Waals surface area contributed by atoms with Crippen LogP contribution in [-0.2, 0) is 10.0 Å². The number of ether oxygens (including phenoxy) is 2. The minimum absolute atomic E-state index is 0.0302. The fourth-order valence-electron chi connectivity index (χ4n) is 3.16. The van der Waals surface area contributed by atoms with Gasteiger partial charge in [-0.2, -0.15) is 0 Å². The number of amidine groups is 1. The summed E-state index contributed by atoms with van der Waals surface area (Å²) in [5.74, 6) is 0.622. The zero-order valence-electron chi connectivity index (χ0n) is 17.3. The first-order valence-corrected chi connectivity index (χ1v) is 11.6. The van der Waals surface area contributed by atoms with E-state index in [0.29, 0.717) is 36.0 Å². The Balaban J connectivity index is 1.79. The second-order valence-electron chi connectivity index (χ2n) is 6.92. The van der Waals surface area contributed by atoms with Gasteiger partial charge >= 0.3 is 0 Å². The van der Waals surface area contributed by atoms with Crippen LogP contribution in [0.25, 0.3) is 0 Å². The molecule has 0 atom stereocenters. The van der Waals surface area contributed by atoms with Gasteiger partial charge in [-0.3, -0.25) is 14.5 Å². The molecule has 8 nitrogen and oxygen atoms in total. The van der Waals surface area contributed by atoms with E-state index in [9.17, 15) is 13.2 Å². The molecule has 1 amide bonds. The Hall–Kier alpha value is -2.78. The van der Waals surface area contributed by atoms with Gasteiger partial charge in [0, 0.05) is 24.2 Å². The van der Waals surface area contributed by atoms with E-state index >= 15 is 0 Å². The SMILES string of the molecule is COc1cc(C(=O)Nc2cccc(S(=O)(=O)NC3=NCCCCC3)c2)cc(Cl)c1OC. The molecule has 0 bridgehead atoms. The first-order chi connectivity index (χ1) is 14.8. The number of rotatable bonds is 6. The molecule has 2 aromatic rings. The number of nitrogens with zero attached hydrogens (tertiary/aromatic N) is 1. The van der Waals surface area contributed by atoms with Gasteiger partial charge in [0.05, 0.1) is 24.1 Å². The molecule has 2 N–H and O–H groups in total. The summed E-state index contributed by atoms with van der Waals surface area (Å²) >= 11 is 6.17. The second-order valence-corrected chi connectivity index (χ2v) is 9.01. The first kappa shape index (κ1) is 22.9. The maximum absolute atomic E-state index is 12.8. The monoisotopic (exact) mass is 465 g/mol. The molecule has 0 saturated heterocycles. The van der Waals surface area contributed by atoms with E-state index in [4.69, 9.17) is 21.1 Å². The molecule has 0 saturated carbocycles. The molecule has 1 aliphatic heterocycles. The zero-order chi connectivity index (χ0) is 22.4. The predicted molar refractivity (Wildman–Crippen MR) is 120 cm³/mol. The number of carbonyl (C=O) groups is 1. The summed E-state index contributed by atoms with van der Waals surface area (Å²) in [4.78, 5) is 17.0. The molecule has 31 heavy (non-hydrogen) atoms. The molecule has 0 fully saturated rings. The van der Waals surface area contributed by atoms with Crippen LogP contribution in [-0.4, -0.2) is 40.9 Å². The number of carbonyl (C=O) groups excluding carboxylic acids is 1. The smallest absolute Gasteiger partial charge is 0.262 e. The third-order valence-electron chi connectivity index (χ3n) is 4.72. The lowest BCUT2D eigenvalue weighted by Gasteiger charge is -2.13. The third kappa shape index (κ3) is 5.68. The van der Waals surface area contributed by atoms with Crippen molar-refractivity contribution in [1.29, 1.82) is 0 Å². The molecule has 0 spiro atoms. The van der Waals surface area contributed by atoms with E-state index in [1.807, 2.05) is 0 Å².